The van der Waals surface area contributed by atoms with Gasteiger partial charge in [-0.15, -0.1) is 4.40 Å². The minimum Gasteiger partial charge on any atom is -0.506 e. The summed E-state index contributed by atoms with van der Waals surface area (Å²) in [6, 6.07) is 3.61. The zero-order chi connectivity index (χ0) is 25.1. The maximum absolute atomic E-state index is 13.5. The summed E-state index contributed by atoms with van der Waals surface area (Å²) in [6.07, 6.45) is 3.19. The molecule has 0 aromatic heterocycles. The SMILES string of the molecule is CC(C)(C)CCN1C(=O)C(C2=NS(=O)(=O)c3cc(NS(C)(=O)=O)ccc3N2)=C(O)[C@@H]2CCC[NH+]21. The number of fused-ring (bicyclic) bond motifs is 2. The maximum Gasteiger partial charge on any atom is 0.306 e. The molecule has 34 heavy (non-hydrogen) atoms. The number of hydrogen-bond donors (Lipinski definition) is 4. The van der Waals surface area contributed by atoms with Crippen LogP contribution < -0.4 is 15.0 Å². The van der Waals surface area contributed by atoms with E-state index in [1.54, 1.807) is 5.01 Å². The number of anilines is 2. The number of quaternary nitrogens is 1. The first-order chi connectivity index (χ1) is 15.7. The van der Waals surface area contributed by atoms with Gasteiger partial charge in [-0.3, -0.25) is 9.52 Å². The standard InChI is InChI=1S/C21H29N5O6S2/c1-21(2,3)9-11-26-20(28)17(18(27)15-6-5-10-25(15)26)19-22-14-8-7-13(23-33(4,29)30)12-16(14)34(31,32)24-19/h7-8,12,15,23,27H,5-6,9-11H2,1-4H3,(H,22,24)/p+1/t15-/m0/s1. The average Bonchev–Trinajstić information content (AvgIpc) is 3.16. The van der Waals surface area contributed by atoms with Crippen LogP contribution in [-0.4, -0.2) is 64.1 Å². The third-order valence-electron chi connectivity index (χ3n) is 6.07. The molecule has 1 aromatic rings. The second kappa shape index (κ2) is 8.24. The number of carbonyl (C=O) groups is 1. The number of hydrogen-bond acceptors (Lipinski definition) is 7. The van der Waals surface area contributed by atoms with E-state index in [2.05, 4.69) is 35.2 Å². The Hall–Kier alpha value is -2.64. The fourth-order valence-electron chi connectivity index (χ4n) is 4.45. The van der Waals surface area contributed by atoms with Gasteiger partial charge in [-0.05, 0) is 30.0 Å². The highest BCUT2D eigenvalue weighted by Gasteiger charge is 2.49. The van der Waals surface area contributed by atoms with Crippen molar-refractivity contribution in [3.63, 3.8) is 0 Å². The molecule has 2 atom stereocenters. The number of rotatable bonds is 5. The van der Waals surface area contributed by atoms with Crippen LogP contribution in [0.25, 0.3) is 0 Å². The predicted molar refractivity (Wildman–Crippen MR) is 127 cm³/mol. The highest BCUT2D eigenvalue weighted by molar-refractivity contribution is 7.92. The van der Waals surface area contributed by atoms with Gasteiger partial charge in [0.05, 0.1) is 18.5 Å². The van der Waals surface area contributed by atoms with Gasteiger partial charge in [-0.25, -0.2) is 13.4 Å². The minimum atomic E-state index is -4.27. The zero-order valence-electron chi connectivity index (χ0n) is 19.5. The summed E-state index contributed by atoms with van der Waals surface area (Å²) in [7, 11) is -7.88. The summed E-state index contributed by atoms with van der Waals surface area (Å²) in [6.45, 7) is 7.40. The largest absolute Gasteiger partial charge is 0.506 e. The van der Waals surface area contributed by atoms with Crippen LogP contribution in [0.2, 0.25) is 0 Å². The minimum absolute atomic E-state index is 0.0150. The number of nitrogens with zero attached hydrogens (tertiary/aromatic N) is 2. The van der Waals surface area contributed by atoms with E-state index in [0.29, 0.717) is 19.5 Å². The third-order valence-corrected chi connectivity index (χ3v) is 7.99. The molecule has 0 aliphatic carbocycles. The molecule has 13 heteroatoms. The number of amidine groups is 1. The molecule has 11 nitrogen and oxygen atoms in total. The van der Waals surface area contributed by atoms with Crippen molar-refractivity contribution in [1.82, 2.24) is 5.01 Å². The molecule has 3 aliphatic heterocycles. The second-order valence-electron chi connectivity index (χ2n) is 10.1. The number of amides is 1. The molecule has 4 rings (SSSR count). The smallest absolute Gasteiger partial charge is 0.306 e. The predicted octanol–water partition coefficient (Wildman–Crippen LogP) is 0.624. The number of benzene rings is 1. The number of aliphatic hydroxyl groups is 1. The summed E-state index contributed by atoms with van der Waals surface area (Å²) < 4.78 is 55.0. The second-order valence-corrected chi connectivity index (χ2v) is 13.4. The summed E-state index contributed by atoms with van der Waals surface area (Å²) in [5.41, 5.74) is 0.0511. The van der Waals surface area contributed by atoms with Crippen LogP contribution in [0.5, 0.6) is 0 Å². The number of sulfonamides is 2. The van der Waals surface area contributed by atoms with E-state index in [1.807, 2.05) is 0 Å². The van der Waals surface area contributed by atoms with E-state index in [4.69, 9.17) is 0 Å². The molecule has 1 saturated heterocycles. The third kappa shape index (κ3) is 4.77. The van der Waals surface area contributed by atoms with Crippen molar-refractivity contribution in [3.8, 4) is 0 Å². The summed E-state index contributed by atoms with van der Waals surface area (Å²) in [5.74, 6) is -0.870. The van der Waals surface area contributed by atoms with Crippen molar-refractivity contribution in [2.45, 2.75) is 51.0 Å². The van der Waals surface area contributed by atoms with Gasteiger partial charge in [-0.1, -0.05) is 20.8 Å². The van der Waals surface area contributed by atoms with Crippen LogP contribution in [-0.2, 0) is 24.8 Å². The Balaban J connectivity index is 1.73. The molecule has 4 N–H and O–H groups in total. The zero-order valence-corrected chi connectivity index (χ0v) is 21.2. The number of carbonyl (C=O) groups excluding carboxylic acids is 1. The molecule has 0 spiro atoms. The Kier molecular flexibility index (Phi) is 5.93. The molecular formula is C21H30N5O6S2+. The van der Waals surface area contributed by atoms with Crippen LogP contribution in [0.4, 0.5) is 11.4 Å². The molecule has 1 unspecified atom stereocenters. The van der Waals surface area contributed by atoms with E-state index >= 15 is 0 Å². The molecular weight excluding hydrogens is 482 g/mol. The average molecular weight is 513 g/mol. The van der Waals surface area contributed by atoms with Gasteiger partial charge in [0, 0.05) is 18.5 Å². The first kappa shape index (κ1) is 24.5. The van der Waals surface area contributed by atoms with Crippen molar-refractivity contribution in [2.24, 2.45) is 9.81 Å². The van der Waals surface area contributed by atoms with Gasteiger partial charge in [0.25, 0.3) is 10.0 Å². The molecule has 1 fully saturated rings. The first-order valence-corrected chi connectivity index (χ1v) is 14.3. The Labute approximate surface area is 199 Å². The van der Waals surface area contributed by atoms with E-state index in [1.165, 1.54) is 12.1 Å². The van der Waals surface area contributed by atoms with Crippen molar-refractivity contribution in [2.75, 3.05) is 29.4 Å². The Morgan fingerprint density at radius 2 is 2.03 bits per heavy atom. The normalized spacial score (nSPS) is 24.3. The highest BCUT2D eigenvalue weighted by atomic mass is 32.2. The van der Waals surface area contributed by atoms with Crippen molar-refractivity contribution >= 4 is 43.2 Å². The molecule has 0 bridgehead atoms. The van der Waals surface area contributed by atoms with Crippen LogP contribution in [0.3, 0.4) is 0 Å². The van der Waals surface area contributed by atoms with E-state index in [-0.39, 0.29) is 44.9 Å². The lowest BCUT2D eigenvalue weighted by atomic mass is 9.92. The van der Waals surface area contributed by atoms with Gasteiger partial charge in [0.2, 0.25) is 10.0 Å². The van der Waals surface area contributed by atoms with Crippen LogP contribution in [0.15, 0.2) is 38.8 Å². The Morgan fingerprint density at radius 3 is 2.68 bits per heavy atom. The quantitative estimate of drug-likeness (QED) is 0.452. The lowest BCUT2D eigenvalue weighted by Crippen LogP contribution is -3.21. The van der Waals surface area contributed by atoms with Crippen molar-refractivity contribution < 1.29 is 31.7 Å². The fraction of sp³-hybridized carbons (Fsp3) is 0.524. The van der Waals surface area contributed by atoms with Gasteiger partial charge < -0.3 is 10.4 Å². The highest BCUT2D eigenvalue weighted by Crippen LogP contribution is 2.33. The van der Waals surface area contributed by atoms with E-state index in [9.17, 15) is 26.7 Å². The fourth-order valence-corrected chi connectivity index (χ4v) is 6.16. The lowest BCUT2D eigenvalue weighted by molar-refractivity contribution is -1.01. The lowest BCUT2D eigenvalue weighted by Gasteiger charge is -2.38. The molecule has 0 radical (unpaired) electrons. The van der Waals surface area contributed by atoms with Crippen LogP contribution >= 0.6 is 0 Å². The first-order valence-electron chi connectivity index (χ1n) is 11.0. The monoisotopic (exact) mass is 512 g/mol. The van der Waals surface area contributed by atoms with Gasteiger partial charge >= 0.3 is 5.91 Å². The van der Waals surface area contributed by atoms with Crippen LogP contribution in [0, 0.1) is 5.41 Å². The molecule has 3 heterocycles. The van der Waals surface area contributed by atoms with Crippen molar-refractivity contribution in [1.29, 1.82) is 0 Å². The summed E-state index contributed by atoms with van der Waals surface area (Å²) in [5, 5.41) is 16.4. The molecule has 3 aliphatic rings. The number of aliphatic hydroxyl groups excluding tert-OH is 1. The van der Waals surface area contributed by atoms with Gasteiger partial charge in [0.15, 0.2) is 17.6 Å². The topological polar surface area (TPSA) is 150 Å². The molecule has 186 valence electrons. The van der Waals surface area contributed by atoms with Gasteiger partial charge in [-0.2, -0.15) is 13.4 Å². The Morgan fingerprint density at radius 1 is 1.32 bits per heavy atom. The van der Waals surface area contributed by atoms with E-state index in [0.717, 1.165) is 30.2 Å². The van der Waals surface area contributed by atoms with Gasteiger partial charge in [0.1, 0.15) is 17.0 Å². The Bertz CT molecular complexity index is 1310. The maximum atomic E-state index is 13.5. The van der Waals surface area contributed by atoms with Crippen molar-refractivity contribution in [3.05, 3.63) is 29.5 Å². The number of nitrogens with one attached hydrogen (secondary N) is 3. The van der Waals surface area contributed by atoms with Crippen LogP contribution in [0.1, 0.15) is 40.0 Å². The molecule has 0 saturated carbocycles. The molecule has 1 amide bonds. The summed E-state index contributed by atoms with van der Waals surface area (Å²) in [4.78, 5) is 13.3. The summed E-state index contributed by atoms with van der Waals surface area (Å²) >= 11 is 0. The van der Waals surface area contributed by atoms with E-state index < -0.39 is 26.0 Å². The molecule has 1 aromatic carbocycles.